The van der Waals surface area contributed by atoms with Gasteiger partial charge in [-0.05, 0) is 12.1 Å². The van der Waals surface area contributed by atoms with Gasteiger partial charge in [-0.2, -0.15) is 0 Å². The molecule has 27 heavy (non-hydrogen) atoms. The smallest absolute Gasteiger partial charge is 0.390 e. The molecular formula is C17H20N2O7P+. The molecule has 0 aliphatic carbocycles. The number of H-pyrrole nitrogens is 1. The van der Waals surface area contributed by atoms with Gasteiger partial charge in [-0.3, -0.25) is 14.3 Å². The van der Waals surface area contributed by atoms with Crippen LogP contribution in [0, 0.1) is 5.92 Å². The van der Waals surface area contributed by atoms with Crippen molar-refractivity contribution in [1.29, 1.82) is 0 Å². The van der Waals surface area contributed by atoms with Gasteiger partial charge >= 0.3 is 13.9 Å². The van der Waals surface area contributed by atoms with Crippen molar-refractivity contribution in [1.82, 2.24) is 9.55 Å². The number of aliphatic hydroxyl groups is 1. The van der Waals surface area contributed by atoms with Crippen molar-refractivity contribution in [2.24, 2.45) is 5.92 Å². The van der Waals surface area contributed by atoms with Crippen molar-refractivity contribution in [3.05, 3.63) is 63.4 Å². The Morgan fingerprint density at radius 1 is 1.26 bits per heavy atom. The van der Waals surface area contributed by atoms with Crippen LogP contribution in [0.5, 0.6) is 5.75 Å². The van der Waals surface area contributed by atoms with E-state index >= 15 is 0 Å². The van der Waals surface area contributed by atoms with Gasteiger partial charge in [0.05, 0.1) is 12.2 Å². The van der Waals surface area contributed by atoms with Crippen LogP contribution in [0.2, 0.25) is 0 Å². The number of benzene rings is 1. The highest BCUT2D eigenvalue weighted by Gasteiger charge is 2.42. The summed E-state index contributed by atoms with van der Waals surface area (Å²) in [4.78, 5) is 25.3. The number of nitrogens with zero attached hydrogens (tertiary/aromatic N) is 1. The van der Waals surface area contributed by atoms with Gasteiger partial charge in [0.25, 0.3) is 5.56 Å². The molecule has 1 aliphatic rings. The molecule has 9 nitrogen and oxygen atoms in total. The fourth-order valence-corrected chi connectivity index (χ4v) is 3.51. The first-order valence-corrected chi connectivity index (χ1v) is 9.53. The first-order chi connectivity index (χ1) is 13.0. The van der Waals surface area contributed by atoms with Gasteiger partial charge in [0, 0.05) is 29.2 Å². The highest BCUT2D eigenvalue weighted by Crippen LogP contribution is 2.35. The molecule has 10 heteroatoms. The summed E-state index contributed by atoms with van der Waals surface area (Å²) >= 11 is 0. The van der Waals surface area contributed by atoms with Crippen molar-refractivity contribution in [3.8, 4) is 5.75 Å². The third-order valence-electron chi connectivity index (χ3n) is 4.33. The van der Waals surface area contributed by atoms with E-state index in [-0.39, 0.29) is 18.9 Å². The highest BCUT2D eigenvalue weighted by atomic mass is 31.1. The highest BCUT2D eigenvalue weighted by molar-refractivity contribution is 7.33. The minimum Gasteiger partial charge on any atom is -0.390 e. The van der Waals surface area contributed by atoms with E-state index in [0.29, 0.717) is 5.75 Å². The zero-order valence-electron chi connectivity index (χ0n) is 14.6. The largest absolute Gasteiger partial charge is 0.750 e. The molecule has 2 aromatic rings. The minimum absolute atomic E-state index is 0.0454. The monoisotopic (exact) mass is 395 g/mol. The molecule has 1 aromatic heterocycles. The lowest BCUT2D eigenvalue weighted by atomic mass is 10.0. The van der Waals surface area contributed by atoms with Crippen LogP contribution in [0.1, 0.15) is 19.6 Å². The Balaban J connectivity index is 1.54. The third kappa shape index (κ3) is 4.70. The standard InChI is InChI=1S/C17H19N2O7P/c1-11-15(21)13(25-16(11)19-9-7-14(20)18-17(19)22)8-10-24-27(23)26-12-5-3-2-4-6-12/h2-7,9,11,13,15-16,21H,8,10H2,1H3/p+1. The zero-order valence-corrected chi connectivity index (χ0v) is 15.5. The van der Waals surface area contributed by atoms with Gasteiger partial charge in [-0.25, -0.2) is 9.32 Å². The van der Waals surface area contributed by atoms with Gasteiger partial charge in [-0.1, -0.05) is 25.1 Å². The van der Waals surface area contributed by atoms with Crippen molar-refractivity contribution < 1.29 is 23.5 Å². The van der Waals surface area contributed by atoms with Crippen LogP contribution in [0.4, 0.5) is 0 Å². The second-order valence-electron chi connectivity index (χ2n) is 6.18. The number of aliphatic hydroxyl groups excluding tert-OH is 1. The summed E-state index contributed by atoms with van der Waals surface area (Å²) in [6.07, 6.45) is -0.573. The Labute approximate surface area is 155 Å². The molecule has 0 spiro atoms. The number of para-hydroxylation sites is 1. The van der Waals surface area contributed by atoms with E-state index in [4.69, 9.17) is 13.8 Å². The topological polar surface area (TPSA) is 120 Å². The molecule has 5 unspecified atom stereocenters. The molecule has 1 saturated heterocycles. The predicted octanol–water partition coefficient (Wildman–Crippen LogP) is 1.57. The molecule has 1 fully saturated rings. The molecule has 5 atom stereocenters. The first kappa shape index (κ1) is 19.4. The maximum absolute atomic E-state index is 11.9. The molecule has 2 heterocycles. The molecule has 2 N–H and O–H groups in total. The van der Waals surface area contributed by atoms with E-state index in [2.05, 4.69) is 4.98 Å². The van der Waals surface area contributed by atoms with E-state index in [1.165, 1.54) is 16.8 Å². The van der Waals surface area contributed by atoms with E-state index in [0.717, 1.165) is 0 Å². The van der Waals surface area contributed by atoms with Crippen LogP contribution >= 0.6 is 8.25 Å². The van der Waals surface area contributed by atoms with E-state index < -0.39 is 37.9 Å². The maximum Gasteiger partial charge on any atom is 0.750 e. The SMILES string of the molecule is CC1C(O)C(CCO[P+](=O)Oc2ccccc2)OC1n1ccc(=O)[nH]c1=O. The Morgan fingerprint density at radius 3 is 2.70 bits per heavy atom. The number of rotatable bonds is 7. The molecule has 1 aromatic carbocycles. The van der Waals surface area contributed by atoms with Crippen molar-refractivity contribution in [3.63, 3.8) is 0 Å². The second kappa shape index (κ2) is 8.58. The number of ether oxygens (including phenoxy) is 1. The van der Waals surface area contributed by atoms with Crippen molar-refractivity contribution in [2.45, 2.75) is 31.8 Å². The lowest BCUT2D eigenvalue weighted by Crippen LogP contribution is -2.33. The third-order valence-corrected chi connectivity index (χ3v) is 5.08. The maximum atomic E-state index is 11.9. The Morgan fingerprint density at radius 2 is 2.00 bits per heavy atom. The van der Waals surface area contributed by atoms with Crippen molar-refractivity contribution >= 4 is 8.25 Å². The second-order valence-corrected chi connectivity index (χ2v) is 7.07. The van der Waals surface area contributed by atoms with Crippen LogP contribution in [0.15, 0.2) is 52.2 Å². The van der Waals surface area contributed by atoms with Crippen molar-refractivity contribution in [2.75, 3.05) is 6.61 Å². The number of aromatic amines is 1. The number of nitrogens with one attached hydrogen (secondary N) is 1. The van der Waals surface area contributed by atoms with E-state index in [1.807, 2.05) is 6.07 Å². The zero-order chi connectivity index (χ0) is 19.4. The minimum atomic E-state index is -2.35. The summed E-state index contributed by atoms with van der Waals surface area (Å²) in [7, 11) is -2.35. The van der Waals surface area contributed by atoms with Gasteiger partial charge in [0.2, 0.25) is 0 Å². The summed E-state index contributed by atoms with van der Waals surface area (Å²) in [6, 6.07) is 9.85. The lowest BCUT2D eigenvalue weighted by Gasteiger charge is -2.17. The normalized spacial score (nSPS) is 25.3. The summed E-state index contributed by atoms with van der Waals surface area (Å²) in [5.74, 6) is 0.0508. The van der Waals surface area contributed by atoms with Gasteiger partial charge in [0.1, 0.15) is 12.8 Å². The summed E-state index contributed by atoms with van der Waals surface area (Å²) in [5, 5.41) is 10.4. The predicted molar refractivity (Wildman–Crippen MR) is 95.6 cm³/mol. The van der Waals surface area contributed by atoms with Crippen LogP contribution in [-0.4, -0.2) is 33.5 Å². The number of aromatic nitrogens is 2. The van der Waals surface area contributed by atoms with Crippen LogP contribution in [0.3, 0.4) is 0 Å². The molecular weight excluding hydrogens is 375 g/mol. The fraction of sp³-hybridized carbons (Fsp3) is 0.412. The first-order valence-electron chi connectivity index (χ1n) is 8.44. The summed E-state index contributed by atoms with van der Waals surface area (Å²) in [6.45, 7) is 1.79. The molecule has 3 rings (SSSR count). The quantitative estimate of drug-likeness (QED) is 0.683. The van der Waals surface area contributed by atoms with Crippen LogP contribution < -0.4 is 15.8 Å². The Kier molecular flexibility index (Phi) is 6.18. The molecule has 1 aliphatic heterocycles. The van der Waals surface area contributed by atoms with Crippen LogP contribution in [-0.2, 0) is 13.8 Å². The molecule has 0 saturated carbocycles. The Bertz CT molecular complexity index is 898. The van der Waals surface area contributed by atoms with E-state index in [9.17, 15) is 19.3 Å². The number of hydrogen-bond donors (Lipinski definition) is 2. The number of hydrogen-bond acceptors (Lipinski definition) is 7. The molecule has 0 radical (unpaired) electrons. The van der Waals surface area contributed by atoms with E-state index in [1.54, 1.807) is 31.2 Å². The summed E-state index contributed by atoms with van der Waals surface area (Å²) < 4.78 is 29.1. The molecule has 144 valence electrons. The van der Waals surface area contributed by atoms with Gasteiger partial charge < -0.3 is 9.84 Å². The lowest BCUT2D eigenvalue weighted by molar-refractivity contribution is -0.0319. The summed E-state index contributed by atoms with van der Waals surface area (Å²) in [5.41, 5.74) is -1.11. The fourth-order valence-electron chi connectivity index (χ4n) is 2.91. The average molecular weight is 395 g/mol. The molecule has 0 bridgehead atoms. The Hall–Kier alpha value is -2.32. The molecule has 0 amide bonds. The van der Waals surface area contributed by atoms with Crippen LogP contribution in [0.25, 0.3) is 0 Å². The van der Waals surface area contributed by atoms with Gasteiger partial charge in [0.15, 0.2) is 5.75 Å². The average Bonchev–Trinajstić information content (AvgIpc) is 2.91. The van der Waals surface area contributed by atoms with Gasteiger partial charge in [-0.15, -0.1) is 4.52 Å².